The van der Waals surface area contributed by atoms with Crippen molar-refractivity contribution in [2.45, 2.75) is 31.8 Å². The standard InChI is InChI=1S/C13H16ClN3O2/c1-8-12(18)15-4-5-16(8)13(19)11-6-9(14)7-17(11)10-2-3-10/h6-8,10H,2-5H2,1H3,(H,15,18). The van der Waals surface area contributed by atoms with Crippen LogP contribution in [0.25, 0.3) is 0 Å². The van der Waals surface area contributed by atoms with Crippen LogP contribution in [-0.4, -0.2) is 40.4 Å². The zero-order chi connectivity index (χ0) is 13.6. The summed E-state index contributed by atoms with van der Waals surface area (Å²) in [5.74, 6) is -0.212. The van der Waals surface area contributed by atoms with Crippen LogP contribution in [0.3, 0.4) is 0 Å². The van der Waals surface area contributed by atoms with Crippen molar-refractivity contribution in [3.63, 3.8) is 0 Å². The number of carbonyl (C=O) groups is 2. The van der Waals surface area contributed by atoms with E-state index in [2.05, 4.69) is 5.32 Å². The minimum Gasteiger partial charge on any atom is -0.353 e. The van der Waals surface area contributed by atoms with E-state index < -0.39 is 6.04 Å². The van der Waals surface area contributed by atoms with Gasteiger partial charge in [-0.05, 0) is 25.8 Å². The summed E-state index contributed by atoms with van der Waals surface area (Å²) in [7, 11) is 0. The molecule has 2 amide bonds. The van der Waals surface area contributed by atoms with E-state index in [-0.39, 0.29) is 11.8 Å². The highest BCUT2D eigenvalue weighted by Crippen LogP contribution is 2.37. The van der Waals surface area contributed by atoms with Gasteiger partial charge in [0.1, 0.15) is 11.7 Å². The van der Waals surface area contributed by atoms with Gasteiger partial charge in [0, 0.05) is 25.3 Å². The van der Waals surface area contributed by atoms with Gasteiger partial charge in [0.05, 0.1) is 5.02 Å². The van der Waals surface area contributed by atoms with Crippen LogP contribution in [-0.2, 0) is 4.79 Å². The maximum Gasteiger partial charge on any atom is 0.271 e. The van der Waals surface area contributed by atoms with Gasteiger partial charge in [-0.15, -0.1) is 0 Å². The Morgan fingerprint density at radius 2 is 2.21 bits per heavy atom. The van der Waals surface area contributed by atoms with Crippen molar-refractivity contribution >= 4 is 23.4 Å². The van der Waals surface area contributed by atoms with Gasteiger partial charge in [0.25, 0.3) is 5.91 Å². The summed E-state index contributed by atoms with van der Waals surface area (Å²) >= 11 is 6.01. The molecule has 0 radical (unpaired) electrons. The van der Waals surface area contributed by atoms with Crippen LogP contribution in [0.2, 0.25) is 5.02 Å². The minimum absolute atomic E-state index is 0.102. The van der Waals surface area contributed by atoms with Gasteiger partial charge in [-0.25, -0.2) is 0 Å². The Bertz CT molecular complexity index is 536. The highest BCUT2D eigenvalue weighted by molar-refractivity contribution is 6.31. The summed E-state index contributed by atoms with van der Waals surface area (Å²) in [6, 6.07) is 1.66. The Morgan fingerprint density at radius 1 is 1.47 bits per heavy atom. The van der Waals surface area contributed by atoms with Gasteiger partial charge in [-0.1, -0.05) is 11.6 Å². The molecule has 3 rings (SSSR count). The molecule has 2 aliphatic rings. The molecule has 102 valence electrons. The van der Waals surface area contributed by atoms with Gasteiger partial charge in [-0.3, -0.25) is 9.59 Å². The summed E-state index contributed by atoms with van der Waals surface area (Å²) in [6.07, 6.45) is 3.98. The molecule has 6 heteroatoms. The lowest BCUT2D eigenvalue weighted by molar-refractivity contribution is -0.127. The number of halogens is 1. The molecule has 2 heterocycles. The number of amides is 2. The van der Waals surface area contributed by atoms with Crippen molar-refractivity contribution < 1.29 is 9.59 Å². The monoisotopic (exact) mass is 281 g/mol. The van der Waals surface area contributed by atoms with Gasteiger partial charge in [-0.2, -0.15) is 0 Å². The SMILES string of the molecule is CC1C(=O)NCCN1C(=O)c1cc(Cl)cn1C1CC1. The van der Waals surface area contributed by atoms with Crippen LogP contribution >= 0.6 is 11.6 Å². The van der Waals surface area contributed by atoms with Gasteiger partial charge < -0.3 is 14.8 Å². The third-order valence-electron chi connectivity index (χ3n) is 3.73. The molecule has 0 aromatic carbocycles. The van der Waals surface area contributed by atoms with E-state index >= 15 is 0 Å². The van der Waals surface area contributed by atoms with E-state index in [4.69, 9.17) is 11.6 Å². The van der Waals surface area contributed by atoms with E-state index in [1.165, 1.54) is 0 Å². The molecule has 1 N–H and O–H groups in total. The number of hydrogen-bond acceptors (Lipinski definition) is 2. The topological polar surface area (TPSA) is 54.3 Å². The number of piperazine rings is 1. The number of aromatic nitrogens is 1. The van der Waals surface area contributed by atoms with Gasteiger partial charge in [0.15, 0.2) is 0 Å². The van der Waals surface area contributed by atoms with E-state index in [1.54, 1.807) is 24.1 Å². The fourth-order valence-corrected chi connectivity index (χ4v) is 2.69. The quantitative estimate of drug-likeness (QED) is 0.892. The molecule has 0 bridgehead atoms. The number of carbonyl (C=O) groups excluding carboxylic acids is 2. The third kappa shape index (κ3) is 2.23. The van der Waals surface area contributed by atoms with Crippen molar-refractivity contribution in [3.05, 3.63) is 23.0 Å². The first-order valence-electron chi connectivity index (χ1n) is 6.54. The van der Waals surface area contributed by atoms with Crippen molar-refractivity contribution in [2.75, 3.05) is 13.1 Å². The second kappa shape index (κ2) is 4.56. The van der Waals surface area contributed by atoms with Crippen LogP contribution < -0.4 is 5.32 Å². The molecule has 1 unspecified atom stereocenters. The van der Waals surface area contributed by atoms with Gasteiger partial charge >= 0.3 is 0 Å². The maximum atomic E-state index is 12.6. The summed E-state index contributed by atoms with van der Waals surface area (Å²) in [5, 5.41) is 3.33. The number of hydrogen-bond donors (Lipinski definition) is 1. The average Bonchev–Trinajstić information content (AvgIpc) is 3.15. The molecule has 1 saturated heterocycles. The van der Waals surface area contributed by atoms with Crippen LogP contribution in [0, 0.1) is 0 Å². The summed E-state index contributed by atoms with van der Waals surface area (Å²) in [4.78, 5) is 25.8. The summed E-state index contributed by atoms with van der Waals surface area (Å²) in [5.41, 5.74) is 0.592. The molecule has 1 aromatic heterocycles. The molecular formula is C13H16ClN3O2. The van der Waals surface area contributed by atoms with Crippen LogP contribution in [0.4, 0.5) is 0 Å². The molecule has 1 atom stereocenters. The number of nitrogens with one attached hydrogen (secondary N) is 1. The van der Waals surface area contributed by atoms with Crippen molar-refractivity contribution in [1.29, 1.82) is 0 Å². The smallest absolute Gasteiger partial charge is 0.271 e. The van der Waals surface area contributed by atoms with Gasteiger partial charge in [0.2, 0.25) is 5.91 Å². The maximum absolute atomic E-state index is 12.6. The Labute approximate surface area is 116 Å². The Balaban J connectivity index is 1.89. The molecule has 5 nitrogen and oxygen atoms in total. The van der Waals surface area contributed by atoms with Crippen LogP contribution in [0.15, 0.2) is 12.3 Å². The summed E-state index contributed by atoms with van der Waals surface area (Å²) < 4.78 is 1.95. The molecule has 1 saturated carbocycles. The molecule has 2 fully saturated rings. The zero-order valence-corrected chi connectivity index (χ0v) is 11.5. The highest BCUT2D eigenvalue weighted by atomic mass is 35.5. The Hall–Kier alpha value is -1.49. The lowest BCUT2D eigenvalue weighted by Gasteiger charge is -2.33. The normalized spacial score (nSPS) is 23.4. The molecule has 1 aromatic rings. The average molecular weight is 282 g/mol. The van der Waals surface area contributed by atoms with E-state index in [0.717, 1.165) is 12.8 Å². The molecule has 19 heavy (non-hydrogen) atoms. The van der Waals surface area contributed by atoms with Crippen molar-refractivity contribution in [1.82, 2.24) is 14.8 Å². The first-order chi connectivity index (χ1) is 9.08. The minimum atomic E-state index is -0.428. The molecule has 0 spiro atoms. The Morgan fingerprint density at radius 3 is 2.89 bits per heavy atom. The predicted octanol–water partition coefficient (Wildman–Crippen LogP) is 1.44. The number of nitrogens with zero attached hydrogens (tertiary/aromatic N) is 2. The fourth-order valence-electron chi connectivity index (χ4n) is 2.48. The first-order valence-corrected chi connectivity index (χ1v) is 6.92. The third-order valence-corrected chi connectivity index (χ3v) is 3.94. The predicted molar refractivity (Wildman–Crippen MR) is 71.2 cm³/mol. The molecule has 1 aliphatic heterocycles. The van der Waals surface area contributed by atoms with Crippen molar-refractivity contribution in [2.24, 2.45) is 0 Å². The highest BCUT2D eigenvalue weighted by Gasteiger charge is 2.34. The van der Waals surface area contributed by atoms with E-state index in [1.807, 2.05) is 4.57 Å². The summed E-state index contributed by atoms with van der Waals surface area (Å²) in [6.45, 7) is 2.80. The van der Waals surface area contributed by atoms with Crippen molar-refractivity contribution in [3.8, 4) is 0 Å². The molecule has 1 aliphatic carbocycles. The lowest BCUT2D eigenvalue weighted by Crippen LogP contribution is -2.56. The fraction of sp³-hybridized carbons (Fsp3) is 0.538. The number of rotatable bonds is 2. The Kier molecular flexibility index (Phi) is 3.01. The lowest BCUT2D eigenvalue weighted by atomic mass is 10.2. The largest absolute Gasteiger partial charge is 0.353 e. The second-order valence-corrected chi connectivity index (χ2v) is 5.58. The van der Waals surface area contributed by atoms with E-state index in [0.29, 0.717) is 29.8 Å². The second-order valence-electron chi connectivity index (χ2n) is 5.15. The zero-order valence-electron chi connectivity index (χ0n) is 10.7. The first kappa shape index (κ1) is 12.5. The van der Waals surface area contributed by atoms with E-state index in [9.17, 15) is 9.59 Å². The molecular weight excluding hydrogens is 266 g/mol. The van der Waals surface area contributed by atoms with Crippen LogP contribution in [0.5, 0.6) is 0 Å². The van der Waals surface area contributed by atoms with Crippen LogP contribution in [0.1, 0.15) is 36.3 Å².